The van der Waals surface area contributed by atoms with Crippen molar-refractivity contribution in [3.8, 4) is 0 Å². The second kappa shape index (κ2) is 11.0. The Hall–Kier alpha value is -0.0800. The van der Waals surface area contributed by atoms with Crippen molar-refractivity contribution in [3.05, 3.63) is 0 Å². The van der Waals surface area contributed by atoms with Gasteiger partial charge in [-0.1, -0.05) is 51.9 Å². The topological polar surface area (TPSA) is 32.3 Å². The summed E-state index contributed by atoms with van der Waals surface area (Å²) < 4.78 is 0. The van der Waals surface area contributed by atoms with Gasteiger partial charge >= 0.3 is 0 Å². The van der Waals surface area contributed by atoms with Crippen LogP contribution in [0.5, 0.6) is 0 Å². The fourth-order valence-electron chi connectivity index (χ4n) is 2.05. The maximum atomic E-state index is 8.91. The van der Waals surface area contributed by atoms with Crippen molar-refractivity contribution in [1.82, 2.24) is 5.32 Å². The fourth-order valence-corrected chi connectivity index (χ4v) is 2.05. The summed E-state index contributed by atoms with van der Waals surface area (Å²) in [7, 11) is 0. The van der Waals surface area contributed by atoms with E-state index in [9.17, 15) is 0 Å². The lowest BCUT2D eigenvalue weighted by molar-refractivity contribution is 0.230. The van der Waals surface area contributed by atoms with Crippen molar-refractivity contribution in [2.75, 3.05) is 13.2 Å². The molecular formula is C15H33NO. The smallest absolute Gasteiger partial charge is 0.0448 e. The van der Waals surface area contributed by atoms with Gasteiger partial charge in [-0.3, -0.25) is 0 Å². The third-order valence-electron chi connectivity index (χ3n) is 3.37. The molecule has 17 heavy (non-hydrogen) atoms. The van der Waals surface area contributed by atoms with E-state index in [1.54, 1.807) is 0 Å². The van der Waals surface area contributed by atoms with Crippen LogP contribution >= 0.6 is 0 Å². The first-order chi connectivity index (χ1) is 8.12. The SMILES string of the molecule is CCCCCCCCCCNC(C)(C)CCO. The number of hydrogen-bond donors (Lipinski definition) is 2. The molecule has 0 saturated heterocycles. The van der Waals surface area contributed by atoms with Crippen LogP contribution in [0.3, 0.4) is 0 Å². The van der Waals surface area contributed by atoms with Gasteiger partial charge in [-0.25, -0.2) is 0 Å². The van der Waals surface area contributed by atoms with E-state index in [1.807, 2.05) is 0 Å². The van der Waals surface area contributed by atoms with Gasteiger partial charge in [0, 0.05) is 12.1 Å². The van der Waals surface area contributed by atoms with E-state index >= 15 is 0 Å². The molecule has 2 nitrogen and oxygen atoms in total. The van der Waals surface area contributed by atoms with Crippen LogP contribution in [-0.4, -0.2) is 23.8 Å². The summed E-state index contributed by atoms with van der Waals surface area (Å²) in [5, 5.41) is 12.4. The van der Waals surface area contributed by atoms with Crippen LogP contribution in [0.15, 0.2) is 0 Å². The number of nitrogens with one attached hydrogen (secondary N) is 1. The van der Waals surface area contributed by atoms with Crippen molar-refractivity contribution in [2.45, 2.75) is 84.1 Å². The third-order valence-corrected chi connectivity index (χ3v) is 3.37. The quantitative estimate of drug-likeness (QED) is 0.510. The van der Waals surface area contributed by atoms with Gasteiger partial charge in [0.2, 0.25) is 0 Å². The predicted molar refractivity (Wildman–Crippen MR) is 76.4 cm³/mol. The molecule has 0 aromatic carbocycles. The Morgan fingerprint density at radius 2 is 1.41 bits per heavy atom. The van der Waals surface area contributed by atoms with Crippen LogP contribution in [0, 0.1) is 0 Å². The molecule has 0 unspecified atom stereocenters. The monoisotopic (exact) mass is 243 g/mol. The maximum absolute atomic E-state index is 8.91. The normalized spacial score (nSPS) is 12.0. The summed E-state index contributed by atoms with van der Waals surface area (Å²) in [4.78, 5) is 0. The molecule has 2 heteroatoms. The number of rotatable bonds is 12. The van der Waals surface area contributed by atoms with E-state index in [2.05, 4.69) is 26.1 Å². The predicted octanol–water partition coefficient (Wildman–Crippen LogP) is 3.88. The van der Waals surface area contributed by atoms with Crippen LogP contribution in [0.25, 0.3) is 0 Å². The molecule has 0 aliphatic carbocycles. The minimum absolute atomic E-state index is 0.0931. The largest absolute Gasteiger partial charge is 0.396 e. The van der Waals surface area contributed by atoms with Gasteiger partial charge in [0.15, 0.2) is 0 Å². The van der Waals surface area contributed by atoms with Gasteiger partial charge in [0.1, 0.15) is 0 Å². The fraction of sp³-hybridized carbons (Fsp3) is 1.00. The molecule has 0 rings (SSSR count). The Morgan fingerprint density at radius 3 is 1.94 bits per heavy atom. The minimum atomic E-state index is 0.0931. The summed E-state index contributed by atoms with van der Waals surface area (Å²) in [5.41, 5.74) is 0.0931. The molecular weight excluding hydrogens is 210 g/mol. The molecule has 0 aromatic rings. The highest BCUT2D eigenvalue weighted by atomic mass is 16.3. The second-order valence-electron chi connectivity index (χ2n) is 5.76. The van der Waals surface area contributed by atoms with Crippen molar-refractivity contribution >= 4 is 0 Å². The number of aliphatic hydroxyl groups excluding tert-OH is 1. The summed E-state index contributed by atoms with van der Waals surface area (Å²) in [6.45, 7) is 7.95. The highest BCUT2D eigenvalue weighted by Gasteiger charge is 2.14. The van der Waals surface area contributed by atoms with Gasteiger partial charge in [-0.15, -0.1) is 0 Å². The molecule has 104 valence electrons. The first kappa shape index (κ1) is 16.9. The zero-order chi connectivity index (χ0) is 13.0. The number of aliphatic hydroxyl groups is 1. The van der Waals surface area contributed by atoms with Crippen molar-refractivity contribution in [2.24, 2.45) is 0 Å². The average molecular weight is 243 g/mol. The van der Waals surface area contributed by atoms with Crippen LogP contribution in [0.4, 0.5) is 0 Å². The van der Waals surface area contributed by atoms with E-state index in [0.717, 1.165) is 13.0 Å². The van der Waals surface area contributed by atoms with E-state index in [-0.39, 0.29) is 12.1 Å². The maximum Gasteiger partial charge on any atom is 0.0448 e. The molecule has 0 aliphatic heterocycles. The van der Waals surface area contributed by atoms with E-state index in [4.69, 9.17) is 5.11 Å². The molecule has 0 radical (unpaired) electrons. The van der Waals surface area contributed by atoms with E-state index in [1.165, 1.54) is 51.4 Å². The average Bonchev–Trinajstić information content (AvgIpc) is 2.27. The number of hydrogen-bond acceptors (Lipinski definition) is 2. The third kappa shape index (κ3) is 12.2. The first-order valence-electron chi connectivity index (χ1n) is 7.48. The minimum Gasteiger partial charge on any atom is -0.396 e. The summed E-state index contributed by atoms with van der Waals surface area (Å²) in [6, 6.07) is 0. The lowest BCUT2D eigenvalue weighted by Crippen LogP contribution is -2.40. The highest BCUT2D eigenvalue weighted by molar-refractivity contribution is 4.76. The highest BCUT2D eigenvalue weighted by Crippen LogP contribution is 2.10. The Bertz CT molecular complexity index is 157. The van der Waals surface area contributed by atoms with Gasteiger partial charge < -0.3 is 10.4 Å². The second-order valence-corrected chi connectivity index (χ2v) is 5.76. The summed E-state index contributed by atoms with van der Waals surface area (Å²) in [5.74, 6) is 0. The van der Waals surface area contributed by atoms with Crippen molar-refractivity contribution < 1.29 is 5.11 Å². The van der Waals surface area contributed by atoms with Crippen molar-refractivity contribution in [1.29, 1.82) is 0 Å². The lowest BCUT2D eigenvalue weighted by atomic mass is 10.0. The van der Waals surface area contributed by atoms with Gasteiger partial charge in [0.05, 0.1) is 0 Å². The van der Waals surface area contributed by atoms with Crippen LogP contribution in [0.1, 0.15) is 78.6 Å². The Kier molecular flexibility index (Phi) is 11.0. The summed E-state index contributed by atoms with van der Waals surface area (Å²) >= 11 is 0. The van der Waals surface area contributed by atoms with E-state index in [0.29, 0.717) is 0 Å². The number of unbranched alkanes of at least 4 members (excludes halogenated alkanes) is 7. The molecule has 0 spiro atoms. The Labute approximate surface area is 108 Å². The zero-order valence-corrected chi connectivity index (χ0v) is 12.2. The zero-order valence-electron chi connectivity index (χ0n) is 12.2. The van der Waals surface area contributed by atoms with Crippen molar-refractivity contribution in [3.63, 3.8) is 0 Å². The van der Waals surface area contributed by atoms with E-state index < -0.39 is 0 Å². The standard InChI is InChI=1S/C15H33NO/c1-4-5-6-7-8-9-10-11-13-16-15(2,3)12-14-17/h16-17H,4-14H2,1-3H3. The molecule has 0 amide bonds. The molecule has 0 fully saturated rings. The summed E-state index contributed by atoms with van der Waals surface area (Å²) in [6.07, 6.45) is 11.8. The molecule has 0 saturated carbocycles. The van der Waals surface area contributed by atoms with Crippen LogP contribution < -0.4 is 5.32 Å². The van der Waals surface area contributed by atoms with Gasteiger partial charge in [-0.05, 0) is 33.2 Å². The molecule has 0 atom stereocenters. The van der Waals surface area contributed by atoms with Gasteiger partial charge in [0.25, 0.3) is 0 Å². The molecule has 2 N–H and O–H groups in total. The van der Waals surface area contributed by atoms with Crippen LogP contribution in [-0.2, 0) is 0 Å². The van der Waals surface area contributed by atoms with Gasteiger partial charge in [-0.2, -0.15) is 0 Å². The Morgan fingerprint density at radius 1 is 0.882 bits per heavy atom. The Balaban J connectivity index is 3.18. The molecule has 0 bridgehead atoms. The first-order valence-corrected chi connectivity index (χ1v) is 7.48. The lowest BCUT2D eigenvalue weighted by Gasteiger charge is -2.25. The molecule has 0 aliphatic rings. The molecule has 0 heterocycles. The van der Waals surface area contributed by atoms with Crippen LogP contribution in [0.2, 0.25) is 0 Å². The molecule has 0 aromatic heterocycles.